The van der Waals surface area contributed by atoms with E-state index >= 15 is 0 Å². The number of ether oxygens (including phenoxy) is 1. The van der Waals surface area contributed by atoms with Crippen molar-refractivity contribution in [1.82, 2.24) is 19.3 Å². The van der Waals surface area contributed by atoms with Crippen LogP contribution in [-0.2, 0) is 11.2 Å². The van der Waals surface area contributed by atoms with Gasteiger partial charge in [-0.1, -0.05) is 0 Å². The van der Waals surface area contributed by atoms with Gasteiger partial charge < -0.3 is 9.64 Å². The minimum atomic E-state index is -0.521. The first kappa shape index (κ1) is 17.6. The van der Waals surface area contributed by atoms with Gasteiger partial charge in [0.05, 0.1) is 11.9 Å². The van der Waals surface area contributed by atoms with E-state index in [1.165, 1.54) is 6.20 Å². The van der Waals surface area contributed by atoms with E-state index in [9.17, 15) is 9.18 Å². The lowest BCUT2D eigenvalue weighted by atomic mass is 9.98. The van der Waals surface area contributed by atoms with Gasteiger partial charge in [0.25, 0.3) is 0 Å². The molecule has 2 aromatic rings. The van der Waals surface area contributed by atoms with Crippen LogP contribution in [0.4, 0.5) is 9.18 Å². The maximum Gasteiger partial charge on any atom is 0.410 e. The third-order valence-electron chi connectivity index (χ3n) is 4.52. The van der Waals surface area contributed by atoms with Gasteiger partial charge >= 0.3 is 6.09 Å². The molecule has 136 valence electrons. The van der Waals surface area contributed by atoms with Gasteiger partial charge in [0.1, 0.15) is 11.9 Å². The van der Waals surface area contributed by atoms with Gasteiger partial charge in [0.15, 0.2) is 11.5 Å². The second kappa shape index (κ2) is 6.61. The van der Waals surface area contributed by atoms with Crippen molar-refractivity contribution in [3.63, 3.8) is 0 Å². The highest BCUT2D eigenvalue weighted by Crippen LogP contribution is 2.25. The predicted octanol–water partition coefficient (Wildman–Crippen LogP) is 3.51. The monoisotopic (exact) mass is 348 g/mol. The standard InChI is InChI=1S/C18H25FN4O2/c1-12-15(21-16-14(19)10-20-11-23(12)16)9-13-7-5-6-8-22(13)17(24)25-18(2,3)4/h10-11,13H,5-9H2,1-4H3/t13-/m0/s1. The number of amides is 1. The largest absolute Gasteiger partial charge is 0.444 e. The number of piperidine rings is 1. The number of fused-ring (bicyclic) bond motifs is 1. The molecule has 0 spiro atoms. The van der Waals surface area contributed by atoms with E-state index in [4.69, 9.17) is 4.74 Å². The first-order valence-corrected chi connectivity index (χ1v) is 8.73. The molecule has 1 aliphatic rings. The Labute approximate surface area is 147 Å². The average molecular weight is 348 g/mol. The molecule has 6 nitrogen and oxygen atoms in total. The van der Waals surface area contributed by atoms with Crippen LogP contribution in [0.5, 0.6) is 0 Å². The quantitative estimate of drug-likeness (QED) is 0.833. The van der Waals surface area contributed by atoms with Crippen molar-refractivity contribution in [2.24, 2.45) is 0 Å². The first-order valence-electron chi connectivity index (χ1n) is 8.73. The van der Waals surface area contributed by atoms with Crippen molar-refractivity contribution < 1.29 is 13.9 Å². The number of carbonyl (C=O) groups excluding carboxylic acids is 1. The highest BCUT2D eigenvalue weighted by Gasteiger charge is 2.31. The Kier molecular flexibility index (Phi) is 4.67. The van der Waals surface area contributed by atoms with Gasteiger partial charge in [-0.15, -0.1) is 0 Å². The maximum atomic E-state index is 13.9. The normalized spacial score (nSPS) is 18.6. The second-order valence-corrected chi connectivity index (χ2v) is 7.61. The smallest absolute Gasteiger partial charge is 0.410 e. The Balaban J connectivity index is 1.84. The Morgan fingerprint density at radius 1 is 1.40 bits per heavy atom. The molecule has 7 heteroatoms. The molecule has 3 rings (SSSR count). The fraction of sp³-hybridized carbons (Fsp3) is 0.611. The number of aromatic nitrogens is 3. The van der Waals surface area contributed by atoms with Crippen molar-refractivity contribution in [3.05, 3.63) is 29.7 Å². The van der Waals surface area contributed by atoms with Crippen molar-refractivity contribution >= 4 is 11.7 Å². The minimum Gasteiger partial charge on any atom is -0.444 e. The van der Waals surface area contributed by atoms with Gasteiger partial charge in [0.2, 0.25) is 0 Å². The number of aryl methyl sites for hydroxylation is 1. The highest BCUT2D eigenvalue weighted by molar-refractivity contribution is 5.68. The van der Waals surface area contributed by atoms with Crippen molar-refractivity contribution in [2.75, 3.05) is 6.54 Å². The molecule has 0 saturated carbocycles. The lowest BCUT2D eigenvalue weighted by molar-refractivity contribution is 0.00984. The zero-order valence-electron chi connectivity index (χ0n) is 15.3. The van der Waals surface area contributed by atoms with E-state index in [-0.39, 0.29) is 17.8 Å². The zero-order valence-corrected chi connectivity index (χ0v) is 15.3. The Morgan fingerprint density at radius 3 is 2.84 bits per heavy atom. The summed E-state index contributed by atoms with van der Waals surface area (Å²) < 4.78 is 21.1. The van der Waals surface area contributed by atoms with Crippen LogP contribution in [0.1, 0.15) is 51.4 Å². The van der Waals surface area contributed by atoms with E-state index in [0.29, 0.717) is 13.0 Å². The van der Waals surface area contributed by atoms with Crippen LogP contribution in [-0.4, -0.2) is 43.5 Å². The summed E-state index contributed by atoms with van der Waals surface area (Å²) in [4.78, 5) is 22.7. The third kappa shape index (κ3) is 3.75. The number of imidazole rings is 1. The highest BCUT2D eigenvalue weighted by atomic mass is 19.1. The van der Waals surface area contributed by atoms with Gasteiger partial charge in [-0.05, 0) is 47.0 Å². The molecule has 25 heavy (non-hydrogen) atoms. The number of halogens is 1. The molecule has 0 radical (unpaired) electrons. The molecule has 1 aliphatic heterocycles. The van der Waals surface area contributed by atoms with Gasteiger partial charge in [0, 0.05) is 24.7 Å². The summed E-state index contributed by atoms with van der Waals surface area (Å²) in [5.74, 6) is -0.440. The van der Waals surface area contributed by atoms with Crippen LogP contribution in [0.25, 0.3) is 5.65 Å². The summed E-state index contributed by atoms with van der Waals surface area (Å²) in [7, 11) is 0. The summed E-state index contributed by atoms with van der Waals surface area (Å²) in [6.45, 7) is 8.18. The molecule has 1 saturated heterocycles. The summed E-state index contributed by atoms with van der Waals surface area (Å²) in [5.41, 5.74) is 1.42. The van der Waals surface area contributed by atoms with E-state index in [0.717, 1.165) is 30.7 Å². The molecule has 2 aromatic heterocycles. The molecule has 0 bridgehead atoms. The molecule has 3 heterocycles. The van der Waals surface area contributed by atoms with E-state index in [1.54, 1.807) is 15.6 Å². The van der Waals surface area contributed by atoms with Gasteiger partial charge in [-0.2, -0.15) is 0 Å². The number of nitrogens with zero attached hydrogens (tertiary/aromatic N) is 4. The Morgan fingerprint density at radius 2 is 2.16 bits per heavy atom. The summed E-state index contributed by atoms with van der Waals surface area (Å²) in [6, 6.07) is 0.0169. The molecular weight excluding hydrogens is 323 g/mol. The summed E-state index contributed by atoms with van der Waals surface area (Å²) in [6.07, 6.45) is 5.96. The van der Waals surface area contributed by atoms with Crippen LogP contribution >= 0.6 is 0 Å². The van der Waals surface area contributed by atoms with Crippen LogP contribution in [0.15, 0.2) is 12.5 Å². The second-order valence-electron chi connectivity index (χ2n) is 7.61. The summed E-state index contributed by atoms with van der Waals surface area (Å²) >= 11 is 0. The molecule has 1 atom stereocenters. The van der Waals surface area contributed by atoms with E-state index in [1.807, 2.05) is 27.7 Å². The SMILES string of the molecule is Cc1c(C[C@@H]2CCCCN2C(=O)OC(C)(C)C)nc2c(F)cncn12. The minimum absolute atomic E-state index is 0.0169. The lowest BCUT2D eigenvalue weighted by Crippen LogP contribution is -2.47. The van der Waals surface area contributed by atoms with Gasteiger partial charge in [-0.3, -0.25) is 4.40 Å². The number of likely N-dealkylation sites (tertiary alicyclic amines) is 1. The van der Waals surface area contributed by atoms with Crippen molar-refractivity contribution in [1.29, 1.82) is 0 Å². The molecule has 1 fully saturated rings. The molecular formula is C18H25FN4O2. The van der Waals surface area contributed by atoms with Crippen LogP contribution in [0.3, 0.4) is 0 Å². The van der Waals surface area contributed by atoms with Crippen LogP contribution < -0.4 is 0 Å². The molecule has 0 aromatic carbocycles. The lowest BCUT2D eigenvalue weighted by Gasteiger charge is -2.36. The maximum absolute atomic E-state index is 13.9. The zero-order chi connectivity index (χ0) is 18.2. The predicted molar refractivity (Wildman–Crippen MR) is 92.0 cm³/mol. The van der Waals surface area contributed by atoms with E-state index in [2.05, 4.69) is 9.97 Å². The number of rotatable bonds is 2. The first-order chi connectivity index (χ1) is 11.8. The molecule has 1 amide bonds. The van der Waals surface area contributed by atoms with E-state index < -0.39 is 11.4 Å². The number of hydrogen-bond acceptors (Lipinski definition) is 4. The third-order valence-corrected chi connectivity index (χ3v) is 4.52. The van der Waals surface area contributed by atoms with Gasteiger partial charge in [-0.25, -0.2) is 19.2 Å². The molecule has 0 N–H and O–H groups in total. The molecule has 0 aliphatic carbocycles. The fourth-order valence-corrected chi connectivity index (χ4v) is 3.28. The Bertz CT molecular complexity index is 781. The van der Waals surface area contributed by atoms with Crippen LogP contribution in [0, 0.1) is 12.7 Å². The fourth-order valence-electron chi connectivity index (χ4n) is 3.28. The van der Waals surface area contributed by atoms with Crippen LogP contribution in [0.2, 0.25) is 0 Å². The summed E-state index contributed by atoms with van der Waals surface area (Å²) in [5, 5.41) is 0. The number of carbonyl (C=O) groups is 1. The Hall–Kier alpha value is -2.18. The topological polar surface area (TPSA) is 59.7 Å². The average Bonchev–Trinajstić information content (AvgIpc) is 2.84. The van der Waals surface area contributed by atoms with Crippen molar-refractivity contribution in [3.8, 4) is 0 Å². The molecule has 0 unspecified atom stereocenters. The van der Waals surface area contributed by atoms with Crippen molar-refractivity contribution in [2.45, 2.75) is 65.0 Å². The number of hydrogen-bond donors (Lipinski definition) is 0.